The zero-order chi connectivity index (χ0) is 69.2. The summed E-state index contributed by atoms with van der Waals surface area (Å²) in [6, 6.07) is 23.2. The summed E-state index contributed by atoms with van der Waals surface area (Å²) >= 11 is 3.59. The molecule has 3 saturated heterocycles. The number of nitrogens with zero attached hydrogens (tertiary/aromatic N) is 7. The molecule has 13 rings (SSSR count). The lowest BCUT2D eigenvalue weighted by atomic mass is 9.75. The lowest BCUT2D eigenvalue weighted by molar-refractivity contribution is -0.904. The van der Waals surface area contributed by atoms with Crippen LogP contribution in [-0.4, -0.2) is 136 Å². The van der Waals surface area contributed by atoms with Crippen LogP contribution < -0.4 is 18.9 Å². The van der Waals surface area contributed by atoms with Crippen LogP contribution in [-0.2, 0) is 60.9 Å². The number of amides is 1. The van der Waals surface area contributed by atoms with Gasteiger partial charge in [0.05, 0.1) is 56.0 Å². The molecule has 7 aromatic rings. The second-order valence-electron chi connectivity index (χ2n) is 28.6. The molecule has 3 aliphatic heterocycles. The number of methoxy groups -OCH3 is 3. The van der Waals surface area contributed by atoms with E-state index in [0.29, 0.717) is 25.4 Å². The highest BCUT2D eigenvalue weighted by atomic mass is 79.9. The number of benzene rings is 3. The molecule has 19 heteroatoms. The van der Waals surface area contributed by atoms with Crippen LogP contribution in [0.15, 0.2) is 113 Å². The molecule has 16 nitrogen and oxygen atoms in total. The van der Waals surface area contributed by atoms with E-state index >= 15 is 0 Å². The van der Waals surface area contributed by atoms with E-state index in [1.165, 1.54) is 83.5 Å². The van der Waals surface area contributed by atoms with Crippen LogP contribution in [0.25, 0.3) is 11.1 Å². The normalized spacial score (nSPS) is 17.4. The van der Waals surface area contributed by atoms with E-state index in [9.17, 15) is 30.3 Å². The fourth-order valence-corrected chi connectivity index (χ4v) is 15.9. The Hall–Kier alpha value is -7.22. The molecule has 5 N–H and O–H groups in total. The van der Waals surface area contributed by atoms with Crippen molar-refractivity contribution in [2.24, 2.45) is 5.92 Å². The minimum absolute atomic E-state index is 0.0697. The van der Waals surface area contributed by atoms with Gasteiger partial charge in [0.1, 0.15) is 17.2 Å². The predicted octanol–water partition coefficient (Wildman–Crippen LogP) is 11.9. The first-order valence-corrected chi connectivity index (χ1v) is 35.5. The molecule has 0 radical (unpaired) electrons. The number of ether oxygens (including phenoxy) is 3. The van der Waals surface area contributed by atoms with Crippen molar-refractivity contribution in [3.63, 3.8) is 0 Å². The number of halogens is 1. The molecule has 3 fully saturated rings. The third-order valence-corrected chi connectivity index (χ3v) is 21.2. The van der Waals surface area contributed by atoms with Gasteiger partial charge in [-0.2, -0.15) is 0 Å². The summed E-state index contributed by atoms with van der Waals surface area (Å²) in [7, 11) is 4.42. The summed E-state index contributed by atoms with van der Waals surface area (Å²) in [5, 5.41) is 50.6. The Balaban J connectivity index is 0.000000149. The highest BCUT2D eigenvalue weighted by Gasteiger charge is 2.39. The average molecular weight is 1380 g/mol. The van der Waals surface area contributed by atoms with Gasteiger partial charge < -0.3 is 49.0 Å². The Morgan fingerprint density at radius 1 is 0.567 bits per heavy atom. The minimum atomic E-state index is -0.952. The summed E-state index contributed by atoms with van der Waals surface area (Å²) in [6.45, 7) is 22.0. The fourth-order valence-electron chi connectivity index (χ4n) is 15.5. The highest BCUT2D eigenvalue weighted by molar-refractivity contribution is 9.10. The van der Waals surface area contributed by atoms with E-state index in [2.05, 4.69) is 101 Å². The number of aromatic nitrogens is 4. The number of carbonyl (C=O) groups excluding carboxylic acids is 1. The van der Waals surface area contributed by atoms with Crippen LogP contribution >= 0.6 is 15.9 Å². The molecule has 6 aliphatic rings. The first kappa shape index (κ1) is 71.1. The van der Waals surface area contributed by atoms with E-state index in [1.54, 1.807) is 73.6 Å². The van der Waals surface area contributed by atoms with Crippen LogP contribution in [0.1, 0.15) is 173 Å². The van der Waals surface area contributed by atoms with Crippen molar-refractivity contribution >= 4 is 47.1 Å². The zero-order valence-corrected chi connectivity index (χ0v) is 60.4. The van der Waals surface area contributed by atoms with Gasteiger partial charge in [-0.15, -0.1) is 0 Å². The number of hydrogen-bond donors (Lipinski definition) is 5. The molecule has 510 valence electrons. The second-order valence-corrected chi connectivity index (χ2v) is 29.5. The van der Waals surface area contributed by atoms with Gasteiger partial charge in [0.2, 0.25) is 18.3 Å². The summed E-state index contributed by atoms with van der Waals surface area (Å²) < 4.78 is 19.7. The van der Waals surface area contributed by atoms with Gasteiger partial charge in [-0.05, 0) is 279 Å². The molecule has 0 bridgehead atoms. The average Bonchev–Trinajstić information content (AvgIpc) is 1.72. The zero-order valence-electron chi connectivity index (χ0n) is 58.9. The van der Waals surface area contributed by atoms with Gasteiger partial charge in [-0.25, -0.2) is 0 Å². The quantitative estimate of drug-likeness (QED) is 0.0492. The van der Waals surface area contributed by atoms with Crippen molar-refractivity contribution in [1.82, 2.24) is 29.5 Å². The first-order valence-electron chi connectivity index (χ1n) is 34.7. The molecule has 1 atom stereocenters. The topological polar surface area (TPSA) is 198 Å². The van der Waals surface area contributed by atoms with E-state index in [-0.39, 0.29) is 11.8 Å². The Bertz CT molecular complexity index is 4100. The maximum Gasteiger partial charge on any atom is 0.376 e. The van der Waals surface area contributed by atoms with Gasteiger partial charge in [0.25, 0.3) is 0 Å². The van der Waals surface area contributed by atoms with Crippen molar-refractivity contribution in [1.29, 1.82) is 0 Å². The number of aryl methyl sites for hydroxylation is 9. The monoisotopic (exact) mass is 1380 g/mol. The van der Waals surface area contributed by atoms with Crippen molar-refractivity contribution in [3.05, 3.63) is 214 Å². The lowest BCUT2D eigenvalue weighted by Crippen LogP contribution is -2.41. The van der Waals surface area contributed by atoms with Crippen molar-refractivity contribution in [2.45, 2.75) is 163 Å². The fraction of sp³-hybridized carbons (Fsp3) is 0.449. The summed E-state index contributed by atoms with van der Waals surface area (Å²) in [6.07, 6.45) is 19.9. The maximum atomic E-state index is 13.1. The number of likely N-dealkylation sites (tertiary alicyclic amines) is 1. The molecule has 97 heavy (non-hydrogen) atoms. The van der Waals surface area contributed by atoms with Crippen LogP contribution in [0.5, 0.6) is 17.2 Å². The van der Waals surface area contributed by atoms with Crippen LogP contribution in [0.4, 0.5) is 0 Å². The molecule has 0 saturated carbocycles. The molecule has 7 heterocycles. The van der Waals surface area contributed by atoms with Crippen molar-refractivity contribution in [3.8, 4) is 17.2 Å². The Morgan fingerprint density at radius 3 is 1.47 bits per heavy atom. The maximum absolute atomic E-state index is 13.1. The van der Waals surface area contributed by atoms with Gasteiger partial charge in [0, 0.05) is 97.9 Å². The Labute approximate surface area is 582 Å². The van der Waals surface area contributed by atoms with E-state index in [0.717, 1.165) is 169 Å². The molecule has 3 aliphatic carbocycles. The number of hydrogen-bond acceptors (Lipinski definition) is 14. The predicted molar refractivity (Wildman–Crippen MR) is 386 cm³/mol. The lowest BCUT2D eigenvalue weighted by Gasteiger charge is -2.37. The third-order valence-electron chi connectivity index (χ3n) is 20.7. The molecular weight excluding hydrogens is 1280 g/mol. The highest BCUT2D eigenvalue weighted by Crippen LogP contribution is 2.49. The molecule has 1 unspecified atom stereocenters. The number of carbonyl (C=O) groups is 1. The summed E-state index contributed by atoms with van der Waals surface area (Å²) in [5.41, 5.74) is 23.9. The number of fused-ring (bicyclic) bond motifs is 6. The number of pyridine rings is 4. The number of aliphatic hydroxyl groups is 2. The molecule has 0 spiro atoms. The second kappa shape index (κ2) is 30.1. The van der Waals surface area contributed by atoms with E-state index in [4.69, 9.17) is 29.2 Å². The largest absolute Gasteiger partial charge is 0.496 e. The smallest absolute Gasteiger partial charge is 0.376 e. The Kier molecular flexibility index (Phi) is 22.0. The number of rotatable bonds is 10. The van der Waals surface area contributed by atoms with Gasteiger partial charge >= 0.3 is 14.1 Å². The summed E-state index contributed by atoms with van der Waals surface area (Å²) in [4.78, 5) is 34.0. The van der Waals surface area contributed by atoms with E-state index < -0.39 is 25.3 Å². The number of piperidine rings is 3. The van der Waals surface area contributed by atoms with Crippen LogP contribution in [0.2, 0.25) is 13.6 Å². The van der Waals surface area contributed by atoms with Crippen molar-refractivity contribution in [2.75, 3.05) is 60.6 Å². The minimum Gasteiger partial charge on any atom is -0.496 e. The third kappa shape index (κ3) is 15.9. The van der Waals surface area contributed by atoms with Crippen molar-refractivity contribution < 1.29 is 49.2 Å². The first-order chi connectivity index (χ1) is 46.3. The van der Waals surface area contributed by atoms with Gasteiger partial charge in [0.15, 0.2) is 0 Å². The van der Waals surface area contributed by atoms with Crippen LogP contribution in [0.3, 0.4) is 0 Å². The molecule has 1 amide bonds. The standard InChI is InChI=1S/C31H38N3O4.C25H33BN2O3.C22H26BBrN2O2/c1-20-15-23-5-6-24-18-25(31(2,3)36)19-32-30(24)29(28(23)26(16-20)38-4)22-9-11-33(12-10-22)27(35)17-21-7-13-34(37)14-8-21;1-16-12-18-6-7-19-14-20(25(2,3)29)15-27-24(19)23(22(18)21(13-16)31-5)17-8-10-28(11-9-17)26(4)30;1-14-10-16-4-5-17-12-18(24)13-25-22(17)21(20(16)19(11-14)28-3)15-6-8-26(9-7-15)23(2)27/h7-8,13-16,18-19,22,29,36-37H,5-6,9-12,17H2,1-4H3;12-15,29-30H,6-11H2,1-5H3;10-13,27H,4-9H2,1-3H3/q+1;;. The Morgan fingerprint density at radius 2 is 0.990 bits per heavy atom. The molecule has 3 aromatic carbocycles. The SMILES string of the molecule is COc1cc(C)cc2c1C(=C1CCN(B(C)O)CC1)c1ncc(Br)cc1CC2.COc1cc(C)cc2c1C(=C1CCN(B(C)O)CC1)c1ncc(C(C)(C)O)cc1CC2.COc1cc(C)cc2c1C(C1CCN(C(=O)Cc3cc[n+](O)cc3)CC1)c1ncc(C(C)(C)O)cc1CC2. The van der Waals surface area contributed by atoms with E-state index in [1.807, 2.05) is 37.1 Å². The summed E-state index contributed by atoms with van der Waals surface area (Å²) in [5.74, 6) is 3.25. The molecular formula is C78H97B2BrN7O9+. The molecule has 4 aromatic heterocycles. The van der Waals surface area contributed by atoms with Crippen LogP contribution in [0, 0.1) is 26.7 Å². The van der Waals surface area contributed by atoms with Gasteiger partial charge in [-0.1, -0.05) is 29.3 Å². The van der Waals surface area contributed by atoms with Gasteiger partial charge in [-0.3, -0.25) is 25.0 Å².